The highest BCUT2D eigenvalue weighted by Gasteiger charge is 2.21. The van der Waals surface area contributed by atoms with Crippen LogP contribution in [0.5, 0.6) is 5.75 Å². The summed E-state index contributed by atoms with van der Waals surface area (Å²) >= 11 is 0. The number of phenolic OH excluding ortho intramolecular Hbond substituents is 1. The normalized spacial score (nSPS) is 15.6. The van der Waals surface area contributed by atoms with E-state index in [9.17, 15) is 5.11 Å². The van der Waals surface area contributed by atoms with E-state index in [-0.39, 0.29) is 5.75 Å². The Morgan fingerprint density at radius 3 is 2.55 bits per heavy atom. The average molecular weight is 295 g/mol. The molecule has 0 unspecified atom stereocenters. The number of benzene rings is 1. The molecule has 3 aromatic rings. The number of hydrogen-bond donors (Lipinski definition) is 2. The van der Waals surface area contributed by atoms with Crippen molar-refractivity contribution in [3.05, 3.63) is 30.5 Å². The molecule has 0 aliphatic heterocycles. The van der Waals surface area contributed by atoms with Crippen molar-refractivity contribution in [3.8, 4) is 17.1 Å². The van der Waals surface area contributed by atoms with Crippen LogP contribution in [0.2, 0.25) is 0 Å². The topological polar surface area (TPSA) is 89.8 Å². The molecule has 112 valence electrons. The SMILES string of the molecule is Nc1nc(-c2ccc(O)cc2)nc2c1cnn2C1CCCC1. The fourth-order valence-electron chi connectivity index (χ4n) is 3.10. The zero-order valence-electron chi connectivity index (χ0n) is 12.1. The second-order valence-corrected chi connectivity index (χ2v) is 5.74. The Balaban J connectivity index is 1.86. The molecular formula is C16H17N5O. The third-order valence-corrected chi connectivity index (χ3v) is 4.28. The van der Waals surface area contributed by atoms with Gasteiger partial charge in [0.15, 0.2) is 11.5 Å². The van der Waals surface area contributed by atoms with Gasteiger partial charge in [0, 0.05) is 5.56 Å². The lowest BCUT2D eigenvalue weighted by molar-refractivity contribution is 0.475. The molecule has 1 saturated carbocycles. The third-order valence-electron chi connectivity index (χ3n) is 4.28. The first-order valence-corrected chi connectivity index (χ1v) is 7.52. The van der Waals surface area contributed by atoms with E-state index in [0.717, 1.165) is 29.4 Å². The van der Waals surface area contributed by atoms with Crippen molar-refractivity contribution in [2.75, 3.05) is 5.73 Å². The quantitative estimate of drug-likeness (QED) is 0.758. The summed E-state index contributed by atoms with van der Waals surface area (Å²) in [5.41, 5.74) is 7.70. The van der Waals surface area contributed by atoms with Crippen LogP contribution in [-0.4, -0.2) is 24.9 Å². The first-order valence-electron chi connectivity index (χ1n) is 7.52. The number of phenols is 1. The van der Waals surface area contributed by atoms with Gasteiger partial charge in [0.2, 0.25) is 0 Å². The summed E-state index contributed by atoms with van der Waals surface area (Å²) in [6, 6.07) is 7.21. The van der Waals surface area contributed by atoms with E-state index in [1.165, 1.54) is 12.8 Å². The van der Waals surface area contributed by atoms with Crippen molar-refractivity contribution in [3.63, 3.8) is 0 Å². The minimum absolute atomic E-state index is 0.216. The van der Waals surface area contributed by atoms with Gasteiger partial charge in [0.25, 0.3) is 0 Å². The Morgan fingerprint density at radius 1 is 1.09 bits per heavy atom. The van der Waals surface area contributed by atoms with Crippen LogP contribution in [0.15, 0.2) is 30.5 Å². The van der Waals surface area contributed by atoms with E-state index in [0.29, 0.717) is 17.7 Å². The fourth-order valence-corrected chi connectivity index (χ4v) is 3.10. The van der Waals surface area contributed by atoms with Crippen LogP contribution in [0.1, 0.15) is 31.7 Å². The molecule has 0 saturated heterocycles. The van der Waals surface area contributed by atoms with Crippen LogP contribution in [0.4, 0.5) is 5.82 Å². The van der Waals surface area contributed by atoms with E-state index in [2.05, 4.69) is 15.1 Å². The molecule has 1 aliphatic rings. The van der Waals surface area contributed by atoms with Gasteiger partial charge in [-0.2, -0.15) is 5.10 Å². The fraction of sp³-hybridized carbons (Fsp3) is 0.312. The zero-order chi connectivity index (χ0) is 15.1. The number of nitrogen functional groups attached to an aromatic ring is 1. The van der Waals surface area contributed by atoms with Gasteiger partial charge in [0.1, 0.15) is 11.6 Å². The van der Waals surface area contributed by atoms with E-state index >= 15 is 0 Å². The molecule has 0 radical (unpaired) electrons. The number of hydrogen-bond acceptors (Lipinski definition) is 5. The molecule has 3 N–H and O–H groups in total. The van der Waals surface area contributed by atoms with Crippen LogP contribution < -0.4 is 5.73 Å². The second-order valence-electron chi connectivity index (χ2n) is 5.74. The minimum atomic E-state index is 0.216. The molecule has 0 spiro atoms. The van der Waals surface area contributed by atoms with E-state index < -0.39 is 0 Å². The van der Waals surface area contributed by atoms with Crippen LogP contribution in [0, 0.1) is 0 Å². The van der Waals surface area contributed by atoms with Gasteiger partial charge in [0.05, 0.1) is 17.6 Å². The Bertz CT molecular complexity index is 818. The third kappa shape index (κ3) is 2.07. The number of nitrogens with zero attached hydrogens (tertiary/aromatic N) is 4. The van der Waals surface area contributed by atoms with E-state index in [1.807, 2.05) is 4.68 Å². The zero-order valence-corrected chi connectivity index (χ0v) is 12.1. The molecule has 0 bridgehead atoms. The van der Waals surface area contributed by atoms with Crippen molar-refractivity contribution >= 4 is 16.9 Å². The van der Waals surface area contributed by atoms with Gasteiger partial charge in [-0.05, 0) is 37.1 Å². The van der Waals surface area contributed by atoms with Crippen LogP contribution in [0.25, 0.3) is 22.4 Å². The molecular weight excluding hydrogens is 278 g/mol. The molecule has 6 nitrogen and oxygen atoms in total. The maximum Gasteiger partial charge on any atom is 0.164 e. The second kappa shape index (κ2) is 4.98. The largest absolute Gasteiger partial charge is 0.508 e. The average Bonchev–Trinajstić information content (AvgIpc) is 3.16. The molecule has 2 aromatic heterocycles. The lowest BCUT2D eigenvalue weighted by Gasteiger charge is -2.11. The van der Waals surface area contributed by atoms with E-state index in [1.54, 1.807) is 30.5 Å². The lowest BCUT2D eigenvalue weighted by Crippen LogP contribution is -2.08. The Hall–Kier alpha value is -2.63. The van der Waals surface area contributed by atoms with Crippen molar-refractivity contribution in [2.24, 2.45) is 0 Å². The molecule has 0 atom stereocenters. The monoisotopic (exact) mass is 295 g/mol. The first kappa shape index (κ1) is 13.1. The predicted octanol–water partition coefficient (Wildman–Crippen LogP) is 2.90. The van der Waals surface area contributed by atoms with Crippen LogP contribution in [-0.2, 0) is 0 Å². The summed E-state index contributed by atoms with van der Waals surface area (Å²) in [7, 11) is 0. The summed E-state index contributed by atoms with van der Waals surface area (Å²) in [5, 5.41) is 14.7. The summed E-state index contributed by atoms with van der Waals surface area (Å²) in [4.78, 5) is 9.04. The number of aromatic hydroxyl groups is 1. The maximum atomic E-state index is 9.40. The van der Waals surface area contributed by atoms with Gasteiger partial charge < -0.3 is 10.8 Å². The summed E-state index contributed by atoms with van der Waals surface area (Å²) in [6.45, 7) is 0. The smallest absolute Gasteiger partial charge is 0.164 e. The number of aromatic nitrogens is 4. The van der Waals surface area contributed by atoms with Gasteiger partial charge in [-0.3, -0.25) is 0 Å². The standard InChI is InChI=1S/C16H17N5O/c17-14-13-9-18-21(11-3-1-2-4-11)16(13)20-15(19-14)10-5-7-12(22)8-6-10/h5-9,11,22H,1-4H2,(H2,17,19,20). The van der Waals surface area contributed by atoms with Crippen LogP contribution >= 0.6 is 0 Å². The van der Waals surface area contributed by atoms with Gasteiger partial charge in [-0.1, -0.05) is 12.8 Å². The molecule has 0 amide bonds. The molecule has 1 aliphatic carbocycles. The number of rotatable bonds is 2. The minimum Gasteiger partial charge on any atom is -0.508 e. The maximum absolute atomic E-state index is 9.40. The van der Waals surface area contributed by atoms with Crippen molar-refractivity contribution < 1.29 is 5.11 Å². The predicted molar refractivity (Wildman–Crippen MR) is 84.3 cm³/mol. The van der Waals surface area contributed by atoms with Crippen LogP contribution in [0.3, 0.4) is 0 Å². The van der Waals surface area contributed by atoms with Gasteiger partial charge >= 0.3 is 0 Å². The molecule has 1 aromatic carbocycles. The summed E-state index contributed by atoms with van der Waals surface area (Å²) in [6.07, 6.45) is 6.49. The van der Waals surface area contributed by atoms with Gasteiger partial charge in [-0.15, -0.1) is 0 Å². The Morgan fingerprint density at radius 2 is 1.82 bits per heavy atom. The lowest BCUT2D eigenvalue weighted by atomic mass is 10.2. The molecule has 2 heterocycles. The molecule has 4 rings (SSSR count). The first-order chi connectivity index (χ1) is 10.7. The number of anilines is 1. The highest BCUT2D eigenvalue weighted by molar-refractivity contribution is 5.87. The summed E-state index contributed by atoms with van der Waals surface area (Å²) < 4.78 is 1.99. The van der Waals surface area contributed by atoms with Crippen molar-refractivity contribution in [1.29, 1.82) is 0 Å². The Labute approximate surface area is 127 Å². The number of fused-ring (bicyclic) bond motifs is 1. The highest BCUT2D eigenvalue weighted by Crippen LogP contribution is 2.32. The number of nitrogens with two attached hydrogens (primary N) is 1. The van der Waals surface area contributed by atoms with E-state index in [4.69, 9.17) is 5.73 Å². The van der Waals surface area contributed by atoms with Crippen molar-refractivity contribution in [1.82, 2.24) is 19.7 Å². The van der Waals surface area contributed by atoms with Crippen molar-refractivity contribution in [2.45, 2.75) is 31.7 Å². The molecule has 1 fully saturated rings. The van der Waals surface area contributed by atoms with Gasteiger partial charge in [-0.25, -0.2) is 14.6 Å². The Kier molecular flexibility index (Phi) is 2.96. The highest BCUT2D eigenvalue weighted by atomic mass is 16.3. The summed E-state index contributed by atoms with van der Waals surface area (Å²) in [5.74, 6) is 1.22. The molecule has 22 heavy (non-hydrogen) atoms. The molecule has 6 heteroatoms.